The maximum Gasteiger partial charge on any atom is 0.219 e. The van der Waals surface area contributed by atoms with Crippen molar-refractivity contribution in [3.05, 3.63) is 34.9 Å². The van der Waals surface area contributed by atoms with Gasteiger partial charge in [0.05, 0.1) is 0 Å². The molecule has 98 valence electrons. The molecule has 0 spiro atoms. The van der Waals surface area contributed by atoms with Crippen LogP contribution in [-0.2, 0) is 11.3 Å². The number of aryl methyl sites for hydroxylation is 2. The number of piperazine rings is 1. The minimum atomic E-state index is 0.195. The third-order valence-corrected chi connectivity index (χ3v) is 3.51. The molecule has 0 bridgehead atoms. The van der Waals surface area contributed by atoms with E-state index in [0.717, 1.165) is 32.7 Å². The molecule has 0 N–H and O–H groups in total. The summed E-state index contributed by atoms with van der Waals surface area (Å²) in [6.45, 7) is 10.6. The number of rotatable bonds is 2. The Morgan fingerprint density at radius 1 is 1.06 bits per heavy atom. The molecule has 0 radical (unpaired) electrons. The number of amides is 1. The van der Waals surface area contributed by atoms with Gasteiger partial charge in [-0.15, -0.1) is 0 Å². The fourth-order valence-corrected chi connectivity index (χ4v) is 2.64. The predicted molar refractivity (Wildman–Crippen MR) is 73.4 cm³/mol. The number of carbonyl (C=O) groups is 1. The SMILES string of the molecule is CC(=O)N1CCN(Cc2cc(C)cc(C)c2)CC1. The van der Waals surface area contributed by atoms with E-state index < -0.39 is 0 Å². The van der Waals surface area contributed by atoms with Crippen LogP contribution in [0.5, 0.6) is 0 Å². The van der Waals surface area contributed by atoms with E-state index >= 15 is 0 Å². The molecule has 18 heavy (non-hydrogen) atoms. The smallest absolute Gasteiger partial charge is 0.219 e. The van der Waals surface area contributed by atoms with Crippen molar-refractivity contribution in [2.24, 2.45) is 0 Å². The Balaban J connectivity index is 1.93. The first-order valence-corrected chi connectivity index (χ1v) is 6.59. The molecule has 0 aliphatic carbocycles. The van der Waals surface area contributed by atoms with Crippen molar-refractivity contribution < 1.29 is 4.79 Å². The number of benzene rings is 1. The molecule has 1 heterocycles. The molecule has 1 aliphatic rings. The maximum absolute atomic E-state index is 11.3. The van der Waals surface area contributed by atoms with Gasteiger partial charge in [-0.2, -0.15) is 0 Å². The first kappa shape index (κ1) is 13.1. The quantitative estimate of drug-likeness (QED) is 0.796. The van der Waals surface area contributed by atoms with Gasteiger partial charge in [0, 0.05) is 39.6 Å². The van der Waals surface area contributed by atoms with E-state index in [2.05, 4.69) is 36.9 Å². The van der Waals surface area contributed by atoms with Crippen molar-refractivity contribution in [3.63, 3.8) is 0 Å². The molecule has 1 saturated heterocycles. The Morgan fingerprint density at radius 2 is 1.61 bits per heavy atom. The van der Waals surface area contributed by atoms with Gasteiger partial charge in [-0.1, -0.05) is 29.3 Å². The molecule has 3 nitrogen and oxygen atoms in total. The van der Waals surface area contributed by atoms with Crippen LogP contribution in [0.1, 0.15) is 23.6 Å². The summed E-state index contributed by atoms with van der Waals surface area (Å²) in [7, 11) is 0. The number of nitrogens with zero attached hydrogens (tertiary/aromatic N) is 2. The maximum atomic E-state index is 11.3. The largest absolute Gasteiger partial charge is 0.340 e. The summed E-state index contributed by atoms with van der Waals surface area (Å²) >= 11 is 0. The van der Waals surface area contributed by atoms with Crippen LogP contribution in [-0.4, -0.2) is 41.9 Å². The zero-order valence-corrected chi connectivity index (χ0v) is 11.6. The summed E-state index contributed by atoms with van der Waals surface area (Å²) in [4.78, 5) is 15.6. The summed E-state index contributed by atoms with van der Waals surface area (Å²) in [5.41, 5.74) is 4.03. The van der Waals surface area contributed by atoms with Gasteiger partial charge < -0.3 is 4.90 Å². The fourth-order valence-electron chi connectivity index (χ4n) is 2.64. The van der Waals surface area contributed by atoms with Crippen LogP contribution < -0.4 is 0 Å². The van der Waals surface area contributed by atoms with Gasteiger partial charge in [0.25, 0.3) is 0 Å². The number of hydrogen-bond acceptors (Lipinski definition) is 2. The Kier molecular flexibility index (Phi) is 4.02. The Hall–Kier alpha value is -1.35. The average Bonchev–Trinajstić information content (AvgIpc) is 2.28. The molecule has 3 heteroatoms. The first-order valence-electron chi connectivity index (χ1n) is 6.59. The van der Waals surface area contributed by atoms with Gasteiger partial charge in [0.2, 0.25) is 5.91 Å². The number of hydrogen-bond donors (Lipinski definition) is 0. The van der Waals surface area contributed by atoms with E-state index in [9.17, 15) is 4.79 Å². The average molecular weight is 246 g/mol. The molecule has 1 fully saturated rings. The van der Waals surface area contributed by atoms with Crippen molar-refractivity contribution in [1.82, 2.24) is 9.80 Å². The second-order valence-corrected chi connectivity index (χ2v) is 5.28. The monoisotopic (exact) mass is 246 g/mol. The standard InChI is InChI=1S/C15H22N2O/c1-12-8-13(2)10-15(9-12)11-16-4-6-17(7-5-16)14(3)18/h8-10H,4-7,11H2,1-3H3. The van der Waals surface area contributed by atoms with Gasteiger partial charge in [0.1, 0.15) is 0 Å². The zero-order chi connectivity index (χ0) is 13.1. The van der Waals surface area contributed by atoms with Crippen LogP contribution in [0.15, 0.2) is 18.2 Å². The van der Waals surface area contributed by atoms with E-state index in [1.165, 1.54) is 16.7 Å². The van der Waals surface area contributed by atoms with Gasteiger partial charge in [-0.05, 0) is 19.4 Å². The molecule has 0 unspecified atom stereocenters. The molecule has 1 aliphatic heterocycles. The molecule has 0 saturated carbocycles. The highest BCUT2D eigenvalue weighted by molar-refractivity contribution is 5.73. The van der Waals surface area contributed by atoms with Crippen molar-refractivity contribution in [3.8, 4) is 0 Å². The van der Waals surface area contributed by atoms with Gasteiger partial charge in [-0.3, -0.25) is 9.69 Å². The van der Waals surface area contributed by atoms with Crippen molar-refractivity contribution in [2.45, 2.75) is 27.3 Å². The lowest BCUT2D eigenvalue weighted by Crippen LogP contribution is -2.47. The molecule has 1 aromatic rings. The summed E-state index contributed by atoms with van der Waals surface area (Å²) in [5, 5.41) is 0. The van der Waals surface area contributed by atoms with E-state index in [1.54, 1.807) is 6.92 Å². The third kappa shape index (κ3) is 3.33. The van der Waals surface area contributed by atoms with Gasteiger partial charge in [0.15, 0.2) is 0 Å². The fraction of sp³-hybridized carbons (Fsp3) is 0.533. The summed E-state index contributed by atoms with van der Waals surface area (Å²) < 4.78 is 0. The lowest BCUT2D eigenvalue weighted by atomic mass is 10.1. The van der Waals surface area contributed by atoms with Gasteiger partial charge >= 0.3 is 0 Å². The van der Waals surface area contributed by atoms with E-state index in [-0.39, 0.29) is 5.91 Å². The molecule has 0 aromatic heterocycles. The third-order valence-electron chi connectivity index (χ3n) is 3.51. The Morgan fingerprint density at radius 3 is 2.11 bits per heavy atom. The van der Waals surface area contributed by atoms with E-state index in [1.807, 2.05) is 4.90 Å². The molecular formula is C15H22N2O. The molecule has 2 rings (SSSR count). The number of carbonyl (C=O) groups excluding carboxylic acids is 1. The van der Waals surface area contributed by atoms with Crippen molar-refractivity contribution >= 4 is 5.91 Å². The molecule has 1 amide bonds. The highest BCUT2D eigenvalue weighted by Crippen LogP contribution is 2.13. The zero-order valence-electron chi connectivity index (χ0n) is 11.6. The molecule has 1 aromatic carbocycles. The highest BCUT2D eigenvalue weighted by atomic mass is 16.2. The van der Waals surface area contributed by atoms with Crippen LogP contribution >= 0.6 is 0 Å². The summed E-state index contributed by atoms with van der Waals surface area (Å²) in [6, 6.07) is 6.71. The minimum Gasteiger partial charge on any atom is -0.340 e. The second-order valence-electron chi connectivity index (χ2n) is 5.28. The minimum absolute atomic E-state index is 0.195. The highest BCUT2D eigenvalue weighted by Gasteiger charge is 2.18. The Labute approximate surface area is 109 Å². The lowest BCUT2D eigenvalue weighted by Gasteiger charge is -2.34. The van der Waals surface area contributed by atoms with Crippen molar-refractivity contribution in [2.75, 3.05) is 26.2 Å². The molecule has 0 atom stereocenters. The lowest BCUT2D eigenvalue weighted by molar-refractivity contribution is -0.130. The topological polar surface area (TPSA) is 23.6 Å². The molecular weight excluding hydrogens is 224 g/mol. The second kappa shape index (κ2) is 5.53. The van der Waals surface area contributed by atoms with Crippen LogP contribution in [0, 0.1) is 13.8 Å². The van der Waals surface area contributed by atoms with Crippen molar-refractivity contribution in [1.29, 1.82) is 0 Å². The van der Waals surface area contributed by atoms with Crippen LogP contribution in [0.2, 0.25) is 0 Å². The van der Waals surface area contributed by atoms with Crippen LogP contribution in [0.3, 0.4) is 0 Å². The normalized spacial score (nSPS) is 16.9. The Bertz CT molecular complexity index is 414. The van der Waals surface area contributed by atoms with E-state index in [4.69, 9.17) is 0 Å². The predicted octanol–water partition coefficient (Wildman–Crippen LogP) is 1.97. The first-order chi connectivity index (χ1) is 8.54. The van der Waals surface area contributed by atoms with Gasteiger partial charge in [-0.25, -0.2) is 0 Å². The summed E-state index contributed by atoms with van der Waals surface area (Å²) in [6.07, 6.45) is 0. The summed E-state index contributed by atoms with van der Waals surface area (Å²) in [5.74, 6) is 0.195. The van der Waals surface area contributed by atoms with Crippen LogP contribution in [0.4, 0.5) is 0 Å². The van der Waals surface area contributed by atoms with E-state index in [0.29, 0.717) is 0 Å². The van der Waals surface area contributed by atoms with Crippen LogP contribution in [0.25, 0.3) is 0 Å².